The van der Waals surface area contributed by atoms with Gasteiger partial charge >= 0.3 is 0 Å². The molecule has 1 unspecified atom stereocenters. The van der Waals surface area contributed by atoms with Gasteiger partial charge in [0, 0.05) is 30.7 Å². The molecule has 1 saturated heterocycles. The summed E-state index contributed by atoms with van der Waals surface area (Å²) in [4.78, 5) is 14.9. The van der Waals surface area contributed by atoms with Crippen molar-refractivity contribution in [3.05, 3.63) is 17.7 Å². The van der Waals surface area contributed by atoms with Crippen molar-refractivity contribution in [3.63, 3.8) is 0 Å². The molecule has 2 aliphatic rings. The summed E-state index contributed by atoms with van der Waals surface area (Å²) in [6.45, 7) is 8.29. The maximum Gasteiger partial charge on any atom is 0.251 e. The van der Waals surface area contributed by atoms with E-state index in [1.54, 1.807) is 6.07 Å². The average molecular weight is 335 g/mol. The van der Waals surface area contributed by atoms with Crippen LogP contribution in [0.25, 0.3) is 0 Å². The minimum atomic E-state index is -0.871. The Morgan fingerprint density at radius 3 is 2.83 bits per heavy atom. The number of aromatic hydroxyl groups is 1. The highest BCUT2D eigenvalue weighted by Crippen LogP contribution is 2.38. The molecule has 0 spiro atoms. The summed E-state index contributed by atoms with van der Waals surface area (Å²) in [6, 6.07) is 3.51. The number of aliphatic hydroxyl groups is 1. The van der Waals surface area contributed by atoms with Gasteiger partial charge in [-0.25, -0.2) is 0 Å². The summed E-state index contributed by atoms with van der Waals surface area (Å²) in [7, 11) is 0. The standard InChI is InChI=1S/C17H25N3O4/c1-9(2)20-6-10(3)12(7-20)18-17(23)11-4-13(21)16-14(5-11)24-8-15(22)19-16/h4-5,9-10,12,15,19,21-22H,6-8H2,1-3H3,(H,18,23)/t10-,12+,15?/m0/s1. The molecule has 1 amide bonds. The number of nitrogens with one attached hydrogen (secondary N) is 2. The van der Waals surface area contributed by atoms with Crippen LogP contribution in [0.1, 0.15) is 31.1 Å². The van der Waals surface area contributed by atoms with Crippen LogP contribution >= 0.6 is 0 Å². The van der Waals surface area contributed by atoms with Crippen LogP contribution in [0, 0.1) is 5.92 Å². The average Bonchev–Trinajstić information content (AvgIpc) is 2.89. The highest BCUT2D eigenvalue weighted by Gasteiger charge is 2.32. The molecule has 7 heteroatoms. The predicted octanol–water partition coefficient (Wildman–Crippen LogP) is 0.973. The van der Waals surface area contributed by atoms with Crippen LogP contribution in [-0.4, -0.2) is 59.0 Å². The third-order valence-corrected chi connectivity index (χ3v) is 4.74. The predicted molar refractivity (Wildman–Crippen MR) is 90.4 cm³/mol. The van der Waals surface area contributed by atoms with E-state index in [9.17, 15) is 15.0 Å². The number of likely N-dealkylation sites (tertiary alicyclic amines) is 1. The van der Waals surface area contributed by atoms with Gasteiger partial charge in [-0.2, -0.15) is 0 Å². The summed E-state index contributed by atoms with van der Waals surface area (Å²) < 4.78 is 5.39. The van der Waals surface area contributed by atoms with Gasteiger partial charge in [0.25, 0.3) is 5.91 Å². The summed E-state index contributed by atoms with van der Waals surface area (Å²) in [5.74, 6) is 0.398. The molecule has 0 bridgehead atoms. The van der Waals surface area contributed by atoms with Crippen molar-refractivity contribution < 1.29 is 19.7 Å². The van der Waals surface area contributed by atoms with E-state index < -0.39 is 6.23 Å². The third kappa shape index (κ3) is 3.27. The monoisotopic (exact) mass is 335 g/mol. The lowest BCUT2D eigenvalue weighted by atomic mass is 10.1. The number of hydrogen-bond acceptors (Lipinski definition) is 6. The number of carbonyl (C=O) groups excluding carboxylic acids is 1. The maximum absolute atomic E-state index is 12.6. The first-order valence-corrected chi connectivity index (χ1v) is 8.34. The van der Waals surface area contributed by atoms with Crippen molar-refractivity contribution in [1.29, 1.82) is 0 Å². The molecular weight excluding hydrogens is 310 g/mol. The minimum Gasteiger partial charge on any atom is -0.506 e. The quantitative estimate of drug-likeness (QED) is 0.615. The second-order valence-electron chi connectivity index (χ2n) is 6.94. The van der Waals surface area contributed by atoms with Crippen LogP contribution in [-0.2, 0) is 0 Å². The molecule has 0 radical (unpaired) electrons. The van der Waals surface area contributed by atoms with Gasteiger partial charge in [-0.05, 0) is 31.9 Å². The van der Waals surface area contributed by atoms with Gasteiger partial charge in [-0.3, -0.25) is 9.69 Å². The van der Waals surface area contributed by atoms with E-state index in [0.717, 1.165) is 13.1 Å². The molecule has 24 heavy (non-hydrogen) atoms. The normalized spacial score (nSPS) is 26.6. The fourth-order valence-corrected chi connectivity index (χ4v) is 3.23. The molecule has 2 heterocycles. The van der Waals surface area contributed by atoms with Crippen LogP contribution in [0.15, 0.2) is 12.1 Å². The number of ether oxygens (including phenoxy) is 1. The summed E-state index contributed by atoms with van der Waals surface area (Å²) in [5, 5.41) is 25.4. The number of phenolic OH excluding ortho intramolecular Hbond substituents is 1. The van der Waals surface area contributed by atoms with Crippen molar-refractivity contribution in [2.45, 2.75) is 39.1 Å². The van der Waals surface area contributed by atoms with Gasteiger partial charge in [0.15, 0.2) is 6.23 Å². The Morgan fingerprint density at radius 2 is 2.17 bits per heavy atom. The molecule has 3 rings (SSSR count). The molecule has 0 aromatic heterocycles. The Balaban J connectivity index is 1.73. The first kappa shape index (κ1) is 16.9. The number of anilines is 1. The highest BCUT2D eigenvalue weighted by molar-refractivity contribution is 5.96. The van der Waals surface area contributed by atoms with Crippen molar-refractivity contribution in [2.75, 3.05) is 25.0 Å². The summed E-state index contributed by atoms with van der Waals surface area (Å²) >= 11 is 0. The zero-order valence-corrected chi connectivity index (χ0v) is 14.2. The molecule has 1 aromatic rings. The number of fused-ring (bicyclic) bond motifs is 1. The molecule has 3 atom stereocenters. The summed E-state index contributed by atoms with van der Waals surface area (Å²) in [6.07, 6.45) is -0.871. The molecule has 1 fully saturated rings. The van der Waals surface area contributed by atoms with E-state index in [0.29, 0.717) is 29.0 Å². The molecule has 7 nitrogen and oxygen atoms in total. The SMILES string of the molecule is CC(C)N1C[C@H](C)[C@H](NC(=O)c2cc(O)c3c(c2)OCC(O)N3)C1. The third-order valence-electron chi connectivity index (χ3n) is 4.74. The molecule has 2 aliphatic heterocycles. The van der Waals surface area contributed by atoms with Crippen LogP contribution in [0.3, 0.4) is 0 Å². The number of hydrogen-bond donors (Lipinski definition) is 4. The topological polar surface area (TPSA) is 94.1 Å². The molecule has 4 N–H and O–H groups in total. The minimum absolute atomic E-state index is 0.0700. The first-order chi connectivity index (χ1) is 11.3. The number of carbonyl (C=O) groups is 1. The fraction of sp³-hybridized carbons (Fsp3) is 0.588. The maximum atomic E-state index is 12.6. The molecular formula is C17H25N3O4. The Bertz CT molecular complexity index is 635. The van der Waals surface area contributed by atoms with Gasteiger partial charge in [-0.15, -0.1) is 0 Å². The van der Waals surface area contributed by atoms with Crippen molar-refractivity contribution in [3.8, 4) is 11.5 Å². The zero-order valence-electron chi connectivity index (χ0n) is 14.2. The Hall–Kier alpha value is -1.99. The van der Waals surface area contributed by atoms with Gasteiger partial charge in [0.1, 0.15) is 23.8 Å². The Labute approximate surface area is 141 Å². The summed E-state index contributed by atoms with van der Waals surface area (Å²) in [5.41, 5.74) is 0.658. The van der Waals surface area contributed by atoms with Crippen LogP contribution in [0.2, 0.25) is 0 Å². The number of benzene rings is 1. The van der Waals surface area contributed by atoms with E-state index in [2.05, 4.69) is 36.3 Å². The lowest BCUT2D eigenvalue weighted by Gasteiger charge is -2.25. The Morgan fingerprint density at radius 1 is 1.42 bits per heavy atom. The molecule has 132 valence electrons. The van der Waals surface area contributed by atoms with E-state index in [1.165, 1.54) is 6.07 Å². The number of amides is 1. The van der Waals surface area contributed by atoms with Gasteiger partial charge in [0.05, 0.1) is 0 Å². The van der Waals surface area contributed by atoms with E-state index >= 15 is 0 Å². The number of rotatable bonds is 3. The van der Waals surface area contributed by atoms with E-state index in [4.69, 9.17) is 4.74 Å². The van der Waals surface area contributed by atoms with Gasteiger partial charge in [0.2, 0.25) is 0 Å². The number of nitrogens with zero attached hydrogens (tertiary/aromatic N) is 1. The van der Waals surface area contributed by atoms with E-state index in [-0.39, 0.29) is 24.3 Å². The molecule has 0 aliphatic carbocycles. The smallest absolute Gasteiger partial charge is 0.251 e. The second kappa shape index (κ2) is 6.49. The fourth-order valence-electron chi connectivity index (χ4n) is 3.23. The van der Waals surface area contributed by atoms with Gasteiger partial charge < -0.3 is 25.6 Å². The van der Waals surface area contributed by atoms with Crippen LogP contribution in [0.4, 0.5) is 5.69 Å². The zero-order chi connectivity index (χ0) is 17.4. The van der Waals surface area contributed by atoms with Crippen molar-refractivity contribution in [2.24, 2.45) is 5.92 Å². The second-order valence-corrected chi connectivity index (χ2v) is 6.94. The van der Waals surface area contributed by atoms with Crippen LogP contribution in [0.5, 0.6) is 11.5 Å². The molecule has 0 saturated carbocycles. The Kier molecular flexibility index (Phi) is 4.56. The molecule has 1 aromatic carbocycles. The number of phenols is 1. The number of aliphatic hydroxyl groups excluding tert-OH is 1. The lowest BCUT2D eigenvalue weighted by Crippen LogP contribution is -2.40. The van der Waals surface area contributed by atoms with Crippen LogP contribution < -0.4 is 15.4 Å². The highest BCUT2D eigenvalue weighted by atomic mass is 16.5. The largest absolute Gasteiger partial charge is 0.506 e. The first-order valence-electron chi connectivity index (χ1n) is 8.34. The van der Waals surface area contributed by atoms with Crippen molar-refractivity contribution in [1.82, 2.24) is 10.2 Å². The van der Waals surface area contributed by atoms with E-state index in [1.807, 2.05) is 0 Å². The lowest BCUT2D eigenvalue weighted by molar-refractivity contribution is 0.0928. The van der Waals surface area contributed by atoms with Gasteiger partial charge in [-0.1, -0.05) is 6.92 Å². The van der Waals surface area contributed by atoms with Crippen molar-refractivity contribution >= 4 is 11.6 Å².